The minimum atomic E-state index is -0.880. The van der Waals surface area contributed by atoms with Crippen LogP contribution in [0.5, 0.6) is 0 Å². The highest BCUT2D eigenvalue weighted by atomic mass is 16.5. The fourth-order valence-electron chi connectivity index (χ4n) is 1.79. The molecule has 106 valence electrons. The fourth-order valence-corrected chi connectivity index (χ4v) is 1.79. The van der Waals surface area contributed by atoms with Gasteiger partial charge in [0.05, 0.1) is 6.54 Å². The van der Waals surface area contributed by atoms with Crippen molar-refractivity contribution in [2.75, 3.05) is 7.05 Å². The minimum absolute atomic E-state index is 0.322. The van der Waals surface area contributed by atoms with E-state index < -0.39 is 12.0 Å². The third-order valence-corrected chi connectivity index (χ3v) is 3.25. The zero-order valence-corrected chi connectivity index (χ0v) is 11.7. The van der Waals surface area contributed by atoms with Gasteiger partial charge in [-0.15, -0.1) is 0 Å². The van der Waals surface area contributed by atoms with Crippen LogP contribution in [0.25, 0.3) is 11.5 Å². The van der Waals surface area contributed by atoms with E-state index in [4.69, 9.17) is 9.63 Å². The van der Waals surface area contributed by atoms with E-state index >= 15 is 0 Å². The second-order valence-electron chi connectivity index (χ2n) is 4.76. The van der Waals surface area contributed by atoms with E-state index in [1.807, 2.05) is 31.2 Å². The Hall–Kier alpha value is -2.21. The minimum Gasteiger partial charge on any atom is -0.480 e. The van der Waals surface area contributed by atoms with Crippen LogP contribution >= 0.6 is 0 Å². The zero-order valence-electron chi connectivity index (χ0n) is 11.7. The molecule has 0 radical (unpaired) electrons. The average molecular weight is 275 g/mol. The van der Waals surface area contributed by atoms with E-state index in [1.165, 1.54) is 0 Å². The number of aliphatic carboxylic acids is 1. The number of likely N-dealkylation sites (N-methyl/N-ethyl adjacent to an activating group) is 1. The monoisotopic (exact) mass is 275 g/mol. The van der Waals surface area contributed by atoms with E-state index in [-0.39, 0.29) is 0 Å². The molecule has 2 aromatic rings. The van der Waals surface area contributed by atoms with Crippen LogP contribution in [0.3, 0.4) is 0 Å². The summed E-state index contributed by atoms with van der Waals surface area (Å²) in [4.78, 5) is 16.9. The first-order valence-electron chi connectivity index (χ1n) is 6.30. The SMILES string of the molecule is Cc1ccccc1-c1nc(CN(C)C(C)C(=O)O)no1. The third-order valence-electron chi connectivity index (χ3n) is 3.25. The Labute approximate surface area is 117 Å². The van der Waals surface area contributed by atoms with E-state index in [0.717, 1.165) is 11.1 Å². The van der Waals surface area contributed by atoms with Gasteiger partial charge in [0.2, 0.25) is 0 Å². The van der Waals surface area contributed by atoms with Crippen molar-refractivity contribution in [3.8, 4) is 11.5 Å². The Morgan fingerprint density at radius 3 is 2.80 bits per heavy atom. The summed E-state index contributed by atoms with van der Waals surface area (Å²) in [6, 6.07) is 7.13. The summed E-state index contributed by atoms with van der Waals surface area (Å²) < 4.78 is 5.24. The molecule has 20 heavy (non-hydrogen) atoms. The van der Waals surface area contributed by atoms with Crippen molar-refractivity contribution in [2.24, 2.45) is 0 Å². The van der Waals surface area contributed by atoms with Crippen molar-refractivity contribution in [1.82, 2.24) is 15.0 Å². The number of nitrogens with zero attached hydrogens (tertiary/aromatic N) is 3. The van der Waals surface area contributed by atoms with Gasteiger partial charge in [-0.2, -0.15) is 4.98 Å². The molecule has 1 aromatic heterocycles. The number of hydrogen-bond acceptors (Lipinski definition) is 5. The van der Waals surface area contributed by atoms with E-state index in [2.05, 4.69) is 10.1 Å². The molecule has 1 unspecified atom stereocenters. The molecule has 1 aromatic carbocycles. The van der Waals surface area contributed by atoms with Crippen LogP contribution in [0.15, 0.2) is 28.8 Å². The topological polar surface area (TPSA) is 79.5 Å². The van der Waals surface area contributed by atoms with Crippen LogP contribution in [0.4, 0.5) is 0 Å². The predicted molar refractivity (Wildman–Crippen MR) is 73.0 cm³/mol. The number of carbonyl (C=O) groups is 1. The van der Waals surface area contributed by atoms with E-state index in [9.17, 15) is 4.79 Å². The molecule has 1 atom stereocenters. The predicted octanol–water partition coefficient (Wildman–Crippen LogP) is 1.95. The highest BCUT2D eigenvalue weighted by Gasteiger charge is 2.19. The van der Waals surface area contributed by atoms with Gasteiger partial charge in [0.1, 0.15) is 6.04 Å². The smallest absolute Gasteiger partial charge is 0.320 e. The molecular formula is C14H17N3O3. The first-order chi connectivity index (χ1) is 9.49. The lowest BCUT2D eigenvalue weighted by Crippen LogP contribution is -2.35. The van der Waals surface area contributed by atoms with Gasteiger partial charge in [-0.05, 0) is 32.5 Å². The Balaban J connectivity index is 2.14. The van der Waals surface area contributed by atoms with Crippen molar-refractivity contribution in [2.45, 2.75) is 26.4 Å². The number of benzene rings is 1. The number of aromatic nitrogens is 2. The number of carboxylic acids is 1. The first kappa shape index (κ1) is 14.2. The summed E-state index contributed by atoms with van der Waals surface area (Å²) in [6.45, 7) is 3.91. The molecule has 0 aliphatic carbocycles. The third kappa shape index (κ3) is 3.03. The lowest BCUT2D eigenvalue weighted by atomic mass is 10.1. The summed E-state index contributed by atoms with van der Waals surface area (Å²) >= 11 is 0. The van der Waals surface area contributed by atoms with Gasteiger partial charge >= 0.3 is 5.97 Å². The van der Waals surface area contributed by atoms with Crippen molar-refractivity contribution < 1.29 is 14.4 Å². The van der Waals surface area contributed by atoms with Gasteiger partial charge in [0.25, 0.3) is 5.89 Å². The molecule has 0 aliphatic rings. The summed E-state index contributed by atoms with van der Waals surface area (Å²) in [7, 11) is 1.71. The Bertz CT molecular complexity index is 609. The van der Waals surface area contributed by atoms with Gasteiger partial charge in [0, 0.05) is 5.56 Å². The van der Waals surface area contributed by atoms with Crippen molar-refractivity contribution in [3.05, 3.63) is 35.7 Å². The molecule has 2 rings (SSSR count). The van der Waals surface area contributed by atoms with Crippen molar-refractivity contribution in [3.63, 3.8) is 0 Å². The molecule has 1 heterocycles. The molecule has 1 N–H and O–H groups in total. The lowest BCUT2D eigenvalue weighted by Gasteiger charge is -2.18. The zero-order chi connectivity index (χ0) is 14.7. The maximum Gasteiger partial charge on any atom is 0.320 e. The largest absolute Gasteiger partial charge is 0.480 e. The summed E-state index contributed by atoms with van der Waals surface area (Å²) in [5.74, 6) is 0.0449. The van der Waals surface area contributed by atoms with Gasteiger partial charge in [-0.3, -0.25) is 9.69 Å². The van der Waals surface area contributed by atoms with Crippen molar-refractivity contribution >= 4 is 5.97 Å². The molecule has 6 heteroatoms. The van der Waals surface area contributed by atoms with Gasteiger partial charge in [0.15, 0.2) is 5.82 Å². The van der Waals surface area contributed by atoms with E-state index in [1.54, 1.807) is 18.9 Å². The van der Waals surface area contributed by atoms with Crippen molar-refractivity contribution in [1.29, 1.82) is 0 Å². The van der Waals surface area contributed by atoms with Crippen LogP contribution in [-0.2, 0) is 11.3 Å². The standard InChI is InChI=1S/C14H17N3O3/c1-9-6-4-5-7-11(9)13-15-12(16-20-13)8-17(3)10(2)14(18)19/h4-7,10H,8H2,1-3H3,(H,18,19). The number of aryl methyl sites for hydroxylation is 1. The molecule has 0 saturated heterocycles. The second-order valence-corrected chi connectivity index (χ2v) is 4.76. The Morgan fingerprint density at radius 2 is 2.15 bits per heavy atom. The van der Waals surface area contributed by atoms with Crippen LogP contribution < -0.4 is 0 Å². The number of rotatable bonds is 5. The number of hydrogen-bond donors (Lipinski definition) is 1. The van der Waals surface area contributed by atoms with Gasteiger partial charge < -0.3 is 9.63 Å². The Kier molecular flexibility index (Phi) is 4.14. The molecule has 0 bridgehead atoms. The maximum atomic E-state index is 10.9. The summed E-state index contributed by atoms with van der Waals surface area (Å²) in [6.07, 6.45) is 0. The van der Waals surface area contributed by atoms with Gasteiger partial charge in [-0.1, -0.05) is 23.4 Å². The molecule has 0 fully saturated rings. The highest BCUT2D eigenvalue weighted by molar-refractivity contribution is 5.72. The molecule has 6 nitrogen and oxygen atoms in total. The molecule has 0 saturated carbocycles. The molecule has 0 spiro atoms. The van der Waals surface area contributed by atoms with Gasteiger partial charge in [-0.25, -0.2) is 0 Å². The van der Waals surface area contributed by atoms with Crippen LogP contribution in [-0.4, -0.2) is 39.2 Å². The summed E-state index contributed by atoms with van der Waals surface area (Å²) in [5, 5.41) is 12.8. The van der Waals surface area contributed by atoms with Crippen LogP contribution in [0.2, 0.25) is 0 Å². The van der Waals surface area contributed by atoms with Crippen LogP contribution in [0.1, 0.15) is 18.3 Å². The molecular weight excluding hydrogens is 258 g/mol. The second kappa shape index (κ2) is 5.83. The Morgan fingerprint density at radius 1 is 1.45 bits per heavy atom. The quantitative estimate of drug-likeness (QED) is 0.898. The molecule has 0 aliphatic heterocycles. The first-order valence-corrected chi connectivity index (χ1v) is 6.30. The fraction of sp³-hybridized carbons (Fsp3) is 0.357. The van der Waals surface area contributed by atoms with E-state index in [0.29, 0.717) is 18.3 Å². The highest BCUT2D eigenvalue weighted by Crippen LogP contribution is 2.21. The summed E-state index contributed by atoms with van der Waals surface area (Å²) in [5.41, 5.74) is 1.94. The average Bonchev–Trinajstić information content (AvgIpc) is 2.86. The molecule has 0 amide bonds. The number of carboxylic acid groups (broad SMARTS) is 1. The maximum absolute atomic E-state index is 10.9. The normalized spacial score (nSPS) is 12.6. The van der Waals surface area contributed by atoms with Crippen LogP contribution in [0, 0.1) is 6.92 Å². The lowest BCUT2D eigenvalue weighted by molar-refractivity contribution is -0.142.